The monoisotopic (exact) mass is 278 g/mol. The number of carbonyl (C=O) groups is 1. The van der Waals surface area contributed by atoms with Crippen molar-refractivity contribution in [2.75, 3.05) is 13.2 Å². The lowest BCUT2D eigenvalue weighted by Crippen LogP contribution is -2.40. The summed E-state index contributed by atoms with van der Waals surface area (Å²) in [4.78, 5) is 12.0. The standard InChI is InChI=1S/C16H26N2O2/c1-3-5-6-14(12-17)18-16(19)11-13-7-9-15(10-8-13)20-4-2/h7-10,14H,3-6,11-12,17H2,1-2H3,(H,18,19). The summed E-state index contributed by atoms with van der Waals surface area (Å²) in [5.74, 6) is 0.861. The molecule has 0 aromatic heterocycles. The molecule has 0 bridgehead atoms. The summed E-state index contributed by atoms with van der Waals surface area (Å²) in [7, 11) is 0. The van der Waals surface area contributed by atoms with Crippen LogP contribution in [0.5, 0.6) is 5.75 Å². The predicted molar refractivity (Wildman–Crippen MR) is 81.8 cm³/mol. The van der Waals surface area contributed by atoms with E-state index in [9.17, 15) is 4.79 Å². The normalized spacial score (nSPS) is 11.9. The first-order chi connectivity index (χ1) is 9.69. The van der Waals surface area contributed by atoms with E-state index >= 15 is 0 Å². The smallest absolute Gasteiger partial charge is 0.224 e. The van der Waals surface area contributed by atoms with Gasteiger partial charge in [-0.15, -0.1) is 0 Å². The van der Waals surface area contributed by atoms with E-state index in [0.717, 1.165) is 30.6 Å². The van der Waals surface area contributed by atoms with Crippen LogP contribution >= 0.6 is 0 Å². The van der Waals surface area contributed by atoms with Crippen molar-refractivity contribution < 1.29 is 9.53 Å². The summed E-state index contributed by atoms with van der Waals surface area (Å²) in [5.41, 5.74) is 6.66. The van der Waals surface area contributed by atoms with E-state index in [0.29, 0.717) is 19.6 Å². The van der Waals surface area contributed by atoms with E-state index < -0.39 is 0 Å². The van der Waals surface area contributed by atoms with E-state index in [4.69, 9.17) is 10.5 Å². The van der Waals surface area contributed by atoms with E-state index in [1.807, 2.05) is 31.2 Å². The van der Waals surface area contributed by atoms with Crippen LogP contribution in [-0.2, 0) is 11.2 Å². The van der Waals surface area contributed by atoms with E-state index in [-0.39, 0.29) is 11.9 Å². The lowest BCUT2D eigenvalue weighted by Gasteiger charge is -2.16. The van der Waals surface area contributed by atoms with Crippen LogP contribution in [0.4, 0.5) is 0 Å². The van der Waals surface area contributed by atoms with Crippen LogP contribution in [0.25, 0.3) is 0 Å². The second-order valence-electron chi connectivity index (χ2n) is 4.90. The Balaban J connectivity index is 2.44. The summed E-state index contributed by atoms with van der Waals surface area (Å²) in [6.07, 6.45) is 3.54. The van der Waals surface area contributed by atoms with Crippen molar-refractivity contribution in [1.82, 2.24) is 5.32 Å². The topological polar surface area (TPSA) is 64.3 Å². The molecule has 3 N–H and O–H groups in total. The lowest BCUT2D eigenvalue weighted by atomic mass is 10.1. The Labute approximate surface area is 121 Å². The maximum atomic E-state index is 12.0. The molecule has 0 radical (unpaired) electrons. The number of benzene rings is 1. The van der Waals surface area contributed by atoms with Crippen LogP contribution < -0.4 is 15.8 Å². The minimum absolute atomic E-state index is 0.0284. The SMILES string of the molecule is CCCCC(CN)NC(=O)Cc1ccc(OCC)cc1. The van der Waals surface area contributed by atoms with Gasteiger partial charge in [-0.05, 0) is 31.0 Å². The molecular weight excluding hydrogens is 252 g/mol. The number of carbonyl (C=O) groups excluding carboxylic acids is 1. The van der Waals surface area contributed by atoms with Gasteiger partial charge >= 0.3 is 0 Å². The van der Waals surface area contributed by atoms with Crippen molar-refractivity contribution in [3.05, 3.63) is 29.8 Å². The number of unbranched alkanes of at least 4 members (excludes halogenated alkanes) is 1. The molecule has 0 saturated carbocycles. The Bertz CT molecular complexity index is 390. The first-order valence-electron chi connectivity index (χ1n) is 7.40. The molecule has 0 fully saturated rings. The van der Waals surface area contributed by atoms with Gasteiger partial charge in [0, 0.05) is 12.6 Å². The molecule has 0 aliphatic rings. The molecule has 1 atom stereocenters. The number of hydrogen-bond donors (Lipinski definition) is 2. The number of ether oxygens (including phenoxy) is 1. The Kier molecular flexibility index (Phi) is 7.73. The maximum absolute atomic E-state index is 12.0. The fraction of sp³-hybridized carbons (Fsp3) is 0.562. The third-order valence-electron chi connectivity index (χ3n) is 3.15. The highest BCUT2D eigenvalue weighted by molar-refractivity contribution is 5.78. The van der Waals surface area contributed by atoms with Gasteiger partial charge in [-0.1, -0.05) is 31.9 Å². The quantitative estimate of drug-likeness (QED) is 0.728. The number of rotatable bonds is 9. The van der Waals surface area contributed by atoms with Crippen LogP contribution in [-0.4, -0.2) is 25.1 Å². The van der Waals surface area contributed by atoms with Crippen molar-refractivity contribution in [1.29, 1.82) is 0 Å². The zero-order chi connectivity index (χ0) is 14.8. The third kappa shape index (κ3) is 6.06. The van der Waals surface area contributed by atoms with Gasteiger partial charge in [0.1, 0.15) is 5.75 Å². The van der Waals surface area contributed by atoms with Gasteiger partial charge in [0.25, 0.3) is 0 Å². The summed E-state index contributed by atoms with van der Waals surface area (Å²) in [6, 6.07) is 7.72. The van der Waals surface area contributed by atoms with Gasteiger partial charge in [0.05, 0.1) is 13.0 Å². The zero-order valence-corrected chi connectivity index (χ0v) is 12.5. The minimum atomic E-state index is 0.0284. The van der Waals surface area contributed by atoms with Crippen molar-refractivity contribution in [2.45, 2.75) is 45.6 Å². The van der Waals surface area contributed by atoms with Gasteiger partial charge in [-0.3, -0.25) is 4.79 Å². The van der Waals surface area contributed by atoms with Crippen molar-refractivity contribution in [2.24, 2.45) is 5.73 Å². The Morgan fingerprint density at radius 3 is 2.55 bits per heavy atom. The van der Waals surface area contributed by atoms with Gasteiger partial charge in [-0.2, -0.15) is 0 Å². The molecule has 4 nitrogen and oxygen atoms in total. The molecule has 1 unspecified atom stereocenters. The molecule has 20 heavy (non-hydrogen) atoms. The molecule has 0 heterocycles. The molecule has 0 saturated heterocycles. The summed E-state index contributed by atoms with van der Waals surface area (Å²) >= 11 is 0. The van der Waals surface area contributed by atoms with E-state index in [1.54, 1.807) is 0 Å². The fourth-order valence-corrected chi connectivity index (χ4v) is 2.03. The van der Waals surface area contributed by atoms with E-state index in [2.05, 4.69) is 12.2 Å². The fourth-order valence-electron chi connectivity index (χ4n) is 2.03. The third-order valence-corrected chi connectivity index (χ3v) is 3.15. The lowest BCUT2D eigenvalue weighted by molar-refractivity contribution is -0.121. The highest BCUT2D eigenvalue weighted by atomic mass is 16.5. The summed E-state index contributed by atoms with van der Waals surface area (Å²) in [5, 5.41) is 2.99. The van der Waals surface area contributed by atoms with Gasteiger partial charge in [0.15, 0.2) is 0 Å². The number of nitrogens with one attached hydrogen (secondary N) is 1. The van der Waals surface area contributed by atoms with Crippen LogP contribution in [0.2, 0.25) is 0 Å². The van der Waals surface area contributed by atoms with E-state index in [1.165, 1.54) is 0 Å². The molecular formula is C16H26N2O2. The molecule has 0 aliphatic carbocycles. The second-order valence-corrected chi connectivity index (χ2v) is 4.90. The van der Waals surface area contributed by atoms with Crippen LogP contribution in [0.1, 0.15) is 38.7 Å². The molecule has 4 heteroatoms. The van der Waals surface area contributed by atoms with Crippen LogP contribution in [0, 0.1) is 0 Å². The minimum Gasteiger partial charge on any atom is -0.494 e. The van der Waals surface area contributed by atoms with Crippen molar-refractivity contribution in [3.63, 3.8) is 0 Å². The molecule has 0 spiro atoms. The van der Waals surface area contributed by atoms with Crippen molar-refractivity contribution >= 4 is 5.91 Å². The molecule has 1 amide bonds. The average Bonchev–Trinajstić information content (AvgIpc) is 2.45. The zero-order valence-electron chi connectivity index (χ0n) is 12.5. The Morgan fingerprint density at radius 1 is 1.30 bits per heavy atom. The highest BCUT2D eigenvalue weighted by Crippen LogP contribution is 2.12. The van der Waals surface area contributed by atoms with Crippen LogP contribution in [0.3, 0.4) is 0 Å². The number of nitrogens with two attached hydrogens (primary N) is 1. The average molecular weight is 278 g/mol. The summed E-state index contributed by atoms with van der Waals surface area (Å²) < 4.78 is 5.37. The summed E-state index contributed by atoms with van der Waals surface area (Å²) in [6.45, 7) is 5.23. The number of amides is 1. The molecule has 1 aromatic rings. The second kappa shape index (κ2) is 9.37. The highest BCUT2D eigenvalue weighted by Gasteiger charge is 2.10. The van der Waals surface area contributed by atoms with Crippen molar-refractivity contribution in [3.8, 4) is 5.75 Å². The maximum Gasteiger partial charge on any atom is 0.224 e. The largest absolute Gasteiger partial charge is 0.494 e. The van der Waals surface area contributed by atoms with Gasteiger partial charge < -0.3 is 15.8 Å². The van der Waals surface area contributed by atoms with Gasteiger partial charge in [-0.25, -0.2) is 0 Å². The first-order valence-corrected chi connectivity index (χ1v) is 7.40. The Hall–Kier alpha value is -1.55. The first kappa shape index (κ1) is 16.5. The molecule has 112 valence electrons. The molecule has 0 aliphatic heterocycles. The molecule has 1 rings (SSSR count). The molecule has 1 aromatic carbocycles. The van der Waals surface area contributed by atoms with Gasteiger partial charge in [0.2, 0.25) is 5.91 Å². The van der Waals surface area contributed by atoms with Crippen LogP contribution in [0.15, 0.2) is 24.3 Å². The predicted octanol–water partition coefficient (Wildman–Crippen LogP) is 2.26. The number of hydrogen-bond acceptors (Lipinski definition) is 3. The Morgan fingerprint density at radius 2 is 2.00 bits per heavy atom.